The number of rotatable bonds is 9. The highest BCUT2D eigenvalue weighted by Gasteiger charge is 2.36. The molecule has 0 spiro atoms. The van der Waals surface area contributed by atoms with Gasteiger partial charge < -0.3 is 9.53 Å². The van der Waals surface area contributed by atoms with Crippen molar-refractivity contribution in [2.24, 2.45) is 5.92 Å². The molecule has 0 rings (SSSR count). The van der Waals surface area contributed by atoms with Crippen molar-refractivity contribution in [2.45, 2.75) is 71.7 Å². The number of hydrogen-bond donors (Lipinski definition) is 1. The largest absolute Gasteiger partial charge is 0.413 e. The van der Waals surface area contributed by atoms with E-state index in [1.807, 2.05) is 31.2 Å². The third-order valence-corrected chi connectivity index (χ3v) is 8.83. The minimum absolute atomic E-state index is 0.229. The van der Waals surface area contributed by atoms with Crippen molar-refractivity contribution in [3.8, 4) is 0 Å². The molecule has 2 atom stereocenters. The summed E-state index contributed by atoms with van der Waals surface area (Å²) >= 11 is 0. The fourth-order valence-corrected chi connectivity index (χ4v) is 2.72. The van der Waals surface area contributed by atoms with Crippen molar-refractivity contribution in [3.05, 3.63) is 36.5 Å². The van der Waals surface area contributed by atoms with Gasteiger partial charge in [0.1, 0.15) is 0 Å². The monoisotopic (exact) mass is 324 g/mol. The normalized spacial score (nSPS) is 16.9. The Balaban J connectivity index is 4.09. The molecule has 0 heterocycles. The molecule has 1 N–H and O–H groups in total. The zero-order chi connectivity index (χ0) is 17.2. The second-order valence-corrected chi connectivity index (χ2v) is 12.4. The third-order valence-electron chi connectivity index (χ3n) is 4.33. The van der Waals surface area contributed by atoms with Crippen LogP contribution in [0.3, 0.4) is 0 Å². The Morgan fingerprint density at radius 1 is 1.14 bits per heavy atom. The molecule has 0 aromatic rings. The lowest BCUT2D eigenvalue weighted by atomic mass is 9.99. The van der Waals surface area contributed by atoms with Crippen molar-refractivity contribution in [1.29, 1.82) is 0 Å². The first kappa shape index (κ1) is 21.4. The second kappa shape index (κ2) is 10.2. The van der Waals surface area contributed by atoms with Crippen molar-refractivity contribution in [1.82, 2.24) is 0 Å². The predicted molar refractivity (Wildman–Crippen MR) is 101 cm³/mol. The Morgan fingerprint density at radius 3 is 2.32 bits per heavy atom. The zero-order valence-electron chi connectivity index (χ0n) is 15.6. The van der Waals surface area contributed by atoms with Crippen molar-refractivity contribution < 1.29 is 9.53 Å². The average molecular weight is 325 g/mol. The van der Waals surface area contributed by atoms with Crippen molar-refractivity contribution in [3.63, 3.8) is 0 Å². The molecule has 0 radical (unpaired) electrons. The van der Waals surface area contributed by atoms with Crippen LogP contribution in [0.25, 0.3) is 0 Å². The van der Waals surface area contributed by atoms with E-state index in [0.29, 0.717) is 12.5 Å². The van der Waals surface area contributed by atoms with E-state index in [1.54, 1.807) is 0 Å². The SMILES string of the molecule is C/C=C/C=C/CC(C)CC(O)/C=C/CO[Si](C)(C)C(C)(C)C. The molecule has 0 aromatic carbocycles. The molecule has 0 aliphatic carbocycles. The van der Waals surface area contributed by atoms with Gasteiger partial charge in [-0.05, 0) is 43.8 Å². The summed E-state index contributed by atoms with van der Waals surface area (Å²) in [6.45, 7) is 16.0. The molecule has 2 unspecified atom stereocenters. The minimum Gasteiger partial charge on any atom is -0.413 e. The summed E-state index contributed by atoms with van der Waals surface area (Å²) in [6.07, 6.45) is 13.5. The van der Waals surface area contributed by atoms with Crippen molar-refractivity contribution >= 4 is 8.32 Å². The second-order valence-electron chi connectivity index (χ2n) is 7.60. The number of aliphatic hydroxyl groups excluding tert-OH is 1. The van der Waals surface area contributed by atoms with Crippen LogP contribution in [0.15, 0.2) is 36.5 Å². The summed E-state index contributed by atoms with van der Waals surface area (Å²) in [7, 11) is -1.68. The minimum atomic E-state index is -1.68. The van der Waals surface area contributed by atoms with Crippen LogP contribution in [0.1, 0.15) is 47.5 Å². The molecular formula is C19H36O2Si. The first-order valence-electron chi connectivity index (χ1n) is 8.36. The third kappa shape index (κ3) is 9.39. The molecular weight excluding hydrogens is 288 g/mol. The fraction of sp³-hybridized carbons (Fsp3) is 0.684. The van der Waals surface area contributed by atoms with E-state index in [0.717, 1.165) is 12.8 Å². The van der Waals surface area contributed by atoms with Crippen LogP contribution < -0.4 is 0 Å². The first-order chi connectivity index (χ1) is 10.1. The van der Waals surface area contributed by atoms with E-state index in [-0.39, 0.29) is 11.1 Å². The van der Waals surface area contributed by atoms with E-state index in [4.69, 9.17) is 4.43 Å². The van der Waals surface area contributed by atoms with Crippen LogP contribution >= 0.6 is 0 Å². The number of aliphatic hydroxyl groups is 1. The van der Waals surface area contributed by atoms with E-state index in [1.165, 1.54) is 0 Å². The summed E-state index contributed by atoms with van der Waals surface area (Å²) in [4.78, 5) is 0. The van der Waals surface area contributed by atoms with Crippen LogP contribution in [-0.4, -0.2) is 26.1 Å². The van der Waals surface area contributed by atoms with Crippen LogP contribution in [0.5, 0.6) is 0 Å². The highest BCUT2D eigenvalue weighted by molar-refractivity contribution is 6.74. The molecule has 0 aliphatic heterocycles. The predicted octanol–water partition coefficient (Wildman–Crippen LogP) is 5.47. The van der Waals surface area contributed by atoms with E-state index in [2.05, 4.69) is 52.9 Å². The van der Waals surface area contributed by atoms with Gasteiger partial charge in [-0.1, -0.05) is 64.2 Å². The lowest BCUT2D eigenvalue weighted by Crippen LogP contribution is -2.40. The molecule has 0 saturated heterocycles. The van der Waals surface area contributed by atoms with Gasteiger partial charge in [0.05, 0.1) is 12.7 Å². The highest BCUT2D eigenvalue weighted by atomic mass is 28.4. The molecule has 0 amide bonds. The molecule has 2 nitrogen and oxygen atoms in total. The molecule has 0 aromatic heterocycles. The maximum atomic E-state index is 10.0. The maximum Gasteiger partial charge on any atom is 0.192 e. The average Bonchev–Trinajstić information content (AvgIpc) is 2.38. The van der Waals surface area contributed by atoms with Gasteiger partial charge in [0.2, 0.25) is 0 Å². The zero-order valence-corrected chi connectivity index (χ0v) is 16.6. The maximum absolute atomic E-state index is 10.0. The smallest absolute Gasteiger partial charge is 0.192 e. The van der Waals surface area contributed by atoms with Gasteiger partial charge in [-0.15, -0.1) is 0 Å². The lowest BCUT2D eigenvalue weighted by molar-refractivity contribution is 0.190. The van der Waals surface area contributed by atoms with Crippen LogP contribution in [-0.2, 0) is 4.43 Å². The molecule has 0 fully saturated rings. The Morgan fingerprint density at radius 2 is 1.77 bits per heavy atom. The van der Waals surface area contributed by atoms with Gasteiger partial charge >= 0.3 is 0 Å². The summed E-state index contributed by atoms with van der Waals surface area (Å²) in [5, 5.41) is 10.3. The fourth-order valence-electron chi connectivity index (χ4n) is 1.77. The van der Waals surface area contributed by atoms with Crippen molar-refractivity contribution in [2.75, 3.05) is 6.61 Å². The summed E-state index contributed by atoms with van der Waals surface area (Å²) < 4.78 is 6.06. The molecule has 0 aliphatic rings. The Hall–Kier alpha value is -0.643. The van der Waals surface area contributed by atoms with Gasteiger partial charge in [-0.3, -0.25) is 0 Å². The van der Waals surface area contributed by atoms with Crippen LogP contribution in [0.2, 0.25) is 18.1 Å². The number of hydrogen-bond acceptors (Lipinski definition) is 2. The standard InChI is InChI=1S/C19H36O2Si/c1-8-9-10-11-13-17(2)16-18(20)14-12-15-21-22(6,7)19(3,4)5/h8-12,14,17-18,20H,13,15-16H2,1-7H3/b9-8+,11-10+,14-12+. The van der Waals surface area contributed by atoms with Crippen LogP contribution in [0, 0.1) is 5.92 Å². The summed E-state index contributed by atoms with van der Waals surface area (Å²) in [6, 6.07) is 0. The Kier molecular flexibility index (Phi) is 9.89. The summed E-state index contributed by atoms with van der Waals surface area (Å²) in [5.41, 5.74) is 0. The lowest BCUT2D eigenvalue weighted by Gasteiger charge is -2.35. The molecule has 0 saturated carbocycles. The van der Waals surface area contributed by atoms with Gasteiger partial charge in [-0.25, -0.2) is 0 Å². The molecule has 3 heteroatoms. The highest BCUT2D eigenvalue weighted by Crippen LogP contribution is 2.36. The van der Waals surface area contributed by atoms with Gasteiger partial charge in [0.25, 0.3) is 0 Å². The Labute approximate surface area is 139 Å². The van der Waals surface area contributed by atoms with Crippen LogP contribution in [0.4, 0.5) is 0 Å². The summed E-state index contributed by atoms with van der Waals surface area (Å²) in [5.74, 6) is 0.475. The molecule has 22 heavy (non-hydrogen) atoms. The Bertz CT molecular complexity index is 375. The quantitative estimate of drug-likeness (QED) is 0.346. The molecule has 0 bridgehead atoms. The number of allylic oxidation sites excluding steroid dienone is 4. The topological polar surface area (TPSA) is 29.5 Å². The van der Waals surface area contributed by atoms with Gasteiger partial charge in [0, 0.05) is 0 Å². The van der Waals surface area contributed by atoms with Gasteiger partial charge in [-0.2, -0.15) is 0 Å². The van der Waals surface area contributed by atoms with Gasteiger partial charge in [0.15, 0.2) is 8.32 Å². The molecule has 128 valence electrons. The first-order valence-corrected chi connectivity index (χ1v) is 11.3. The van der Waals surface area contributed by atoms with E-state index in [9.17, 15) is 5.11 Å². The van der Waals surface area contributed by atoms with E-state index >= 15 is 0 Å². The van der Waals surface area contributed by atoms with E-state index < -0.39 is 8.32 Å².